The minimum atomic E-state index is 0. The number of hydrogen-bond acceptors (Lipinski definition) is 5. The van der Waals surface area contributed by atoms with Crippen LogP contribution >= 0.6 is 0 Å². The number of nitrogens with one attached hydrogen (secondary N) is 1. The number of nitrogens with two attached hydrogens (primary N) is 2. The Hall–Kier alpha value is -2.93. The van der Waals surface area contributed by atoms with E-state index in [1.165, 1.54) is 0 Å². The number of pyridine rings is 1. The Morgan fingerprint density at radius 2 is 2.08 bits per heavy atom. The van der Waals surface area contributed by atoms with E-state index in [1.54, 1.807) is 23.0 Å². The molecule has 0 bridgehead atoms. The van der Waals surface area contributed by atoms with Gasteiger partial charge in [0.2, 0.25) is 0 Å². The van der Waals surface area contributed by atoms with E-state index in [2.05, 4.69) is 10.1 Å². The Labute approximate surface area is 152 Å². The molecule has 2 heterocycles. The first-order chi connectivity index (χ1) is 11.4. The largest absolute Gasteiger partial charge is 1.00 e. The molecule has 1 aliphatic rings. The van der Waals surface area contributed by atoms with Gasteiger partial charge in [0.1, 0.15) is 18.6 Å². The molecule has 5 N–H and O–H groups in total. The highest BCUT2D eigenvalue weighted by Gasteiger charge is 2.14. The number of aromatic nitrogens is 3. The lowest BCUT2D eigenvalue weighted by Crippen LogP contribution is -3.00. The summed E-state index contributed by atoms with van der Waals surface area (Å²) in [6.07, 6.45) is 9.00. The lowest BCUT2D eigenvalue weighted by atomic mass is 10.0. The molecule has 130 valence electrons. The quantitative estimate of drug-likeness (QED) is 0.447. The molecule has 0 atom stereocenters. The fourth-order valence-electron chi connectivity index (χ4n) is 2.45. The van der Waals surface area contributed by atoms with Crippen molar-refractivity contribution in [3.05, 3.63) is 59.7 Å². The molecule has 0 amide bonds. The van der Waals surface area contributed by atoms with Gasteiger partial charge < -0.3 is 29.3 Å². The van der Waals surface area contributed by atoms with E-state index in [0.29, 0.717) is 35.2 Å². The summed E-state index contributed by atoms with van der Waals surface area (Å²) >= 11 is 0. The summed E-state index contributed by atoms with van der Waals surface area (Å²) < 4.78 is 3.68. The van der Waals surface area contributed by atoms with E-state index >= 15 is 0 Å². The number of hydrogen-bond donors (Lipinski definition) is 3. The zero-order chi connectivity index (χ0) is 17.3. The SMILES string of the molecule is CC1=CC(=Nc2cnn(Cc3ccc[n+](C)c3)c2N)C(N)=CC1=N.[Cl-]. The Kier molecular flexibility index (Phi) is 5.38. The third-order valence-corrected chi connectivity index (χ3v) is 3.81. The van der Waals surface area contributed by atoms with Crippen molar-refractivity contribution >= 4 is 22.9 Å². The molecule has 0 aromatic carbocycles. The Balaban J connectivity index is 0.00000225. The standard InChI is InChI=1S/C17H20N7.ClH/c1-11-6-15(14(19)7-13(11)18)22-16-8-21-24(17(16)20)10-12-4-3-5-23(2)9-12;/h3-9,18H,10,19-20H2,1-2H3;1H/q+1;/p-1. The van der Waals surface area contributed by atoms with Gasteiger partial charge in [-0.15, -0.1) is 0 Å². The van der Waals surface area contributed by atoms with E-state index in [9.17, 15) is 0 Å². The Bertz CT molecular complexity index is 905. The van der Waals surface area contributed by atoms with E-state index in [-0.39, 0.29) is 12.4 Å². The summed E-state index contributed by atoms with van der Waals surface area (Å²) in [5.41, 5.74) is 16.0. The van der Waals surface area contributed by atoms with Crippen molar-refractivity contribution in [2.75, 3.05) is 5.73 Å². The third-order valence-electron chi connectivity index (χ3n) is 3.81. The molecule has 2 aromatic heterocycles. The van der Waals surface area contributed by atoms with Crippen LogP contribution in [0.2, 0.25) is 0 Å². The minimum absolute atomic E-state index is 0. The van der Waals surface area contributed by atoms with Crippen LogP contribution in [-0.2, 0) is 13.6 Å². The number of allylic oxidation sites excluding steroid dienone is 3. The molecule has 1 aliphatic carbocycles. The smallest absolute Gasteiger partial charge is 0.173 e. The fourth-order valence-corrected chi connectivity index (χ4v) is 2.45. The number of rotatable bonds is 3. The van der Waals surface area contributed by atoms with Gasteiger partial charge in [-0.05, 0) is 30.7 Å². The van der Waals surface area contributed by atoms with Crippen molar-refractivity contribution in [3.8, 4) is 0 Å². The summed E-state index contributed by atoms with van der Waals surface area (Å²) in [6.45, 7) is 2.42. The molecule has 25 heavy (non-hydrogen) atoms. The van der Waals surface area contributed by atoms with Crippen molar-refractivity contribution in [2.24, 2.45) is 17.8 Å². The first-order valence-electron chi connectivity index (χ1n) is 7.53. The topological polar surface area (TPSA) is 110 Å². The zero-order valence-electron chi connectivity index (χ0n) is 14.1. The molecule has 0 spiro atoms. The van der Waals surface area contributed by atoms with Crippen LogP contribution in [0.3, 0.4) is 0 Å². The van der Waals surface area contributed by atoms with Crippen LogP contribution in [-0.4, -0.2) is 21.2 Å². The summed E-state index contributed by atoms with van der Waals surface area (Å²) in [5, 5.41) is 12.1. The maximum atomic E-state index is 7.76. The van der Waals surface area contributed by atoms with Crippen molar-refractivity contribution in [3.63, 3.8) is 0 Å². The molecule has 0 aliphatic heterocycles. The van der Waals surface area contributed by atoms with Crippen molar-refractivity contribution in [2.45, 2.75) is 13.5 Å². The Morgan fingerprint density at radius 1 is 1.32 bits per heavy atom. The first kappa shape index (κ1) is 18.4. The van der Waals surface area contributed by atoms with Crippen LogP contribution in [0.1, 0.15) is 12.5 Å². The highest BCUT2D eigenvalue weighted by Crippen LogP contribution is 2.24. The van der Waals surface area contributed by atoms with Gasteiger partial charge in [-0.25, -0.2) is 14.2 Å². The Morgan fingerprint density at radius 3 is 2.80 bits per heavy atom. The molecule has 0 radical (unpaired) electrons. The van der Waals surface area contributed by atoms with Gasteiger partial charge in [0, 0.05) is 11.6 Å². The van der Waals surface area contributed by atoms with Crippen LogP contribution in [0.5, 0.6) is 0 Å². The lowest BCUT2D eigenvalue weighted by Gasteiger charge is -2.11. The average Bonchev–Trinajstić information content (AvgIpc) is 2.86. The minimum Gasteiger partial charge on any atom is -1.00 e. The summed E-state index contributed by atoms with van der Waals surface area (Å²) in [5.74, 6) is 0.480. The van der Waals surface area contributed by atoms with E-state index in [4.69, 9.17) is 16.9 Å². The second-order valence-corrected chi connectivity index (χ2v) is 5.79. The van der Waals surface area contributed by atoms with Gasteiger partial charge in [0.15, 0.2) is 12.4 Å². The molecule has 2 aromatic rings. The zero-order valence-corrected chi connectivity index (χ0v) is 14.8. The van der Waals surface area contributed by atoms with Crippen LogP contribution < -0.4 is 28.4 Å². The number of anilines is 1. The molecule has 0 saturated heterocycles. The number of aryl methyl sites for hydroxylation is 1. The second-order valence-electron chi connectivity index (χ2n) is 5.79. The molecule has 7 nitrogen and oxygen atoms in total. The van der Waals surface area contributed by atoms with Crippen molar-refractivity contribution < 1.29 is 17.0 Å². The monoisotopic (exact) mass is 357 g/mol. The molecule has 0 fully saturated rings. The van der Waals surface area contributed by atoms with Crippen molar-refractivity contribution in [1.29, 1.82) is 5.41 Å². The highest BCUT2D eigenvalue weighted by atomic mass is 35.5. The number of halogens is 1. The lowest BCUT2D eigenvalue weighted by molar-refractivity contribution is -0.671. The summed E-state index contributed by atoms with van der Waals surface area (Å²) in [6, 6.07) is 4.00. The predicted octanol–water partition coefficient (Wildman–Crippen LogP) is -1.76. The molecule has 0 saturated carbocycles. The number of nitrogen functional groups attached to an aromatic ring is 1. The van der Waals surface area contributed by atoms with Gasteiger partial charge >= 0.3 is 0 Å². The highest BCUT2D eigenvalue weighted by molar-refractivity contribution is 6.22. The van der Waals surface area contributed by atoms with Crippen LogP contribution in [0.4, 0.5) is 11.5 Å². The maximum absolute atomic E-state index is 7.76. The second kappa shape index (κ2) is 7.31. The molecular formula is C17H20ClN7. The normalized spacial score (nSPS) is 15.6. The third kappa shape index (κ3) is 3.95. The van der Waals surface area contributed by atoms with Crippen LogP contribution in [0, 0.1) is 5.41 Å². The molecule has 0 unspecified atom stereocenters. The van der Waals surface area contributed by atoms with Gasteiger partial charge in [-0.3, -0.25) is 0 Å². The predicted molar refractivity (Wildman–Crippen MR) is 94.2 cm³/mol. The number of aliphatic imine (C=N–C) groups is 1. The molecule has 8 heteroatoms. The summed E-state index contributed by atoms with van der Waals surface area (Å²) in [7, 11) is 1.97. The van der Waals surface area contributed by atoms with E-state index in [1.807, 2.05) is 43.1 Å². The van der Waals surface area contributed by atoms with Crippen LogP contribution in [0.15, 0.2) is 59.1 Å². The van der Waals surface area contributed by atoms with Gasteiger partial charge in [0.05, 0.1) is 29.9 Å². The first-order valence-corrected chi connectivity index (χ1v) is 7.53. The summed E-state index contributed by atoms with van der Waals surface area (Å²) in [4.78, 5) is 4.50. The van der Waals surface area contributed by atoms with E-state index < -0.39 is 0 Å². The molecular weight excluding hydrogens is 338 g/mol. The van der Waals surface area contributed by atoms with E-state index in [0.717, 1.165) is 11.1 Å². The molecule has 3 rings (SSSR count). The van der Waals surface area contributed by atoms with Gasteiger partial charge in [-0.2, -0.15) is 5.10 Å². The number of nitrogens with zero attached hydrogens (tertiary/aromatic N) is 4. The fraction of sp³-hybridized carbons (Fsp3) is 0.176. The van der Waals surface area contributed by atoms with Crippen LogP contribution in [0.25, 0.3) is 0 Å². The average molecular weight is 358 g/mol. The van der Waals surface area contributed by atoms with Crippen molar-refractivity contribution in [1.82, 2.24) is 9.78 Å². The maximum Gasteiger partial charge on any atom is 0.173 e. The van der Waals surface area contributed by atoms with Gasteiger partial charge in [-0.1, -0.05) is 0 Å². The van der Waals surface area contributed by atoms with Gasteiger partial charge in [0.25, 0.3) is 0 Å².